The molecule has 0 unspecified atom stereocenters. The molecule has 0 aromatic heterocycles. The first-order valence-corrected chi connectivity index (χ1v) is 8.99. The molecular formula is C21H24O8. The van der Waals surface area contributed by atoms with Crippen LogP contribution in [0.4, 0.5) is 0 Å². The van der Waals surface area contributed by atoms with Gasteiger partial charge in [-0.15, -0.1) is 0 Å². The van der Waals surface area contributed by atoms with Crippen molar-refractivity contribution in [1.82, 2.24) is 0 Å². The molecule has 0 spiro atoms. The van der Waals surface area contributed by atoms with Crippen LogP contribution in [0.25, 0.3) is 0 Å². The van der Waals surface area contributed by atoms with E-state index < -0.39 is 30.0 Å². The zero-order chi connectivity index (χ0) is 21.3. The van der Waals surface area contributed by atoms with Crippen molar-refractivity contribution in [2.45, 2.75) is 17.9 Å². The van der Waals surface area contributed by atoms with E-state index in [4.69, 9.17) is 14.2 Å². The Morgan fingerprint density at radius 2 is 1.72 bits per heavy atom. The van der Waals surface area contributed by atoms with E-state index in [0.29, 0.717) is 16.7 Å². The third kappa shape index (κ3) is 3.34. The molecule has 2 aromatic rings. The lowest BCUT2D eigenvalue weighted by Crippen LogP contribution is -2.54. The number of carbonyl (C=O) groups is 1. The van der Waals surface area contributed by atoms with Gasteiger partial charge in [0.1, 0.15) is 0 Å². The maximum absolute atomic E-state index is 12.5. The second-order valence-corrected chi connectivity index (χ2v) is 7.01. The smallest absolute Gasteiger partial charge is 0.338 e. The highest BCUT2D eigenvalue weighted by Gasteiger charge is 2.53. The van der Waals surface area contributed by atoms with Crippen molar-refractivity contribution >= 4 is 5.97 Å². The summed E-state index contributed by atoms with van der Waals surface area (Å²) < 4.78 is 15.2. The van der Waals surface area contributed by atoms with Gasteiger partial charge < -0.3 is 34.6 Å². The topological polar surface area (TPSA) is 126 Å². The molecule has 1 aliphatic carbocycles. The van der Waals surface area contributed by atoms with E-state index in [0.717, 1.165) is 0 Å². The van der Waals surface area contributed by atoms with Crippen LogP contribution >= 0.6 is 0 Å². The second-order valence-electron chi connectivity index (χ2n) is 7.01. The Hall–Kier alpha value is -2.97. The molecule has 0 radical (unpaired) electrons. The summed E-state index contributed by atoms with van der Waals surface area (Å²) in [4.78, 5) is 12.5. The van der Waals surface area contributed by atoms with Crippen molar-refractivity contribution < 1.29 is 39.4 Å². The summed E-state index contributed by atoms with van der Waals surface area (Å²) in [6.45, 7) is -0.522. The third-order valence-corrected chi connectivity index (χ3v) is 5.55. The average Bonchev–Trinajstić information content (AvgIpc) is 2.72. The number of aromatic hydroxyl groups is 2. The van der Waals surface area contributed by atoms with E-state index in [-0.39, 0.29) is 29.4 Å². The van der Waals surface area contributed by atoms with Crippen molar-refractivity contribution in [3.63, 3.8) is 0 Å². The standard InChI is InChI=1S/C21H24O8/c1-27-17-6-11(4-5-15(17)23)19-13-8-16(24)18(28-2)7-12(13)9-21(26,14(19)10-22)20(25)29-3/h4-8,14,19,22-24,26H,9-10H2,1-3H3/t14-,19+,21-/m1/s1. The first kappa shape index (κ1) is 20.8. The maximum atomic E-state index is 12.5. The maximum Gasteiger partial charge on any atom is 0.338 e. The normalized spacial score (nSPS) is 23.2. The van der Waals surface area contributed by atoms with Gasteiger partial charge in [0.25, 0.3) is 0 Å². The number of rotatable bonds is 5. The largest absolute Gasteiger partial charge is 0.504 e. The Labute approximate surface area is 167 Å². The number of hydrogen-bond acceptors (Lipinski definition) is 8. The molecule has 0 saturated carbocycles. The lowest BCUT2D eigenvalue weighted by molar-refractivity contribution is -0.172. The minimum absolute atomic E-state index is 0.0753. The molecule has 1 aliphatic rings. The molecule has 3 rings (SSSR count). The highest BCUT2D eigenvalue weighted by Crippen LogP contribution is 2.49. The number of fused-ring (bicyclic) bond motifs is 1. The minimum atomic E-state index is -2.01. The van der Waals surface area contributed by atoms with E-state index in [2.05, 4.69) is 0 Å². The Bertz CT molecular complexity index is 925. The number of ether oxygens (including phenoxy) is 3. The summed E-state index contributed by atoms with van der Waals surface area (Å²) >= 11 is 0. The number of carbonyl (C=O) groups excluding carboxylic acids is 1. The monoisotopic (exact) mass is 404 g/mol. The molecule has 0 heterocycles. The van der Waals surface area contributed by atoms with E-state index in [9.17, 15) is 25.2 Å². The Balaban J connectivity index is 2.28. The van der Waals surface area contributed by atoms with Crippen LogP contribution in [0.3, 0.4) is 0 Å². The summed E-state index contributed by atoms with van der Waals surface area (Å²) in [5, 5.41) is 41.7. The van der Waals surface area contributed by atoms with Gasteiger partial charge in [-0.05, 0) is 41.0 Å². The summed E-state index contributed by atoms with van der Waals surface area (Å²) in [5.74, 6) is -2.32. The summed E-state index contributed by atoms with van der Waals surface area (Å²) in [5.41, 5.74) is -0.252. The molecule has 2 aromatic carbocycles. The predicted octanol–water partition coefficient (Wildman–Crippen LogP) is 1.32. The van der Waals surface area contributed by atoms with E-state index in [1.54, 1.807) is 18.2 Å². The molecule has 3 atom stereocenters. The van der Waals surface area contributed by atoms with Crippen LogP contribution in [0.5, 0.6) is 23.0 Å². The Morgan fingerprint density at radius 1 is 1.07 bits per heavy atom. The van der Waals surface area contributed by atoms with Crippen LogP contribution < -0.4 is 9.47 Å². The lowest BCUT2D eigenvalue weighted by atomic mass is 9.64. The van der Waals surface area contributed by atoms with Crippen LogP contribution in [0, 0.1) is 5.92 Å². The zero-order valence-electron chi connectivity index (χ0n) is 16.4. The number of phenols is 2. The predicted molar refractivity (Wildman–Crippen MR) is 102 cm³/mol. The van der Waals surface area contributed by atoms with E-state index in [1.807, 2.05) is 0 Å². The van der Waals surface area contributed by atoms with Gasteiger partial charge in [-0.1, -0.05) is 6.07 Å². The lowest BCUT2D eigenvalue weighted by Gasteiger charge is -2.43. The van der Waals surface area contributed by atoms with Gasteiger partial charge in [0.05, 0.1) is 27.9 Å². The quantitative estimate of drug-likeness (QED) is 0.550. The fourth-order valence-corrected chi connectivity index (χ4v) is 4.10. The van der Waals surface area contributed by atoms with Crippen molar-refractivity contribution in [2.24, 2.45) is 5.92 Å². The summed E-state index contributed by atoms with van der Waals surface area (Å²) in [6, 6.07) is 7.65. The zero-order valence-corrected chi connectivity index (χ0v) is 16.4. The highest BCUT2D eigenvalue weighted by atomic mass is 16.5. The summed E-state index contributed by atoms with van der Waals surface area (Å²) in [7, 11) is 3.97. The first-order valence-electron chi connectivity index (χ1n) is 8.99. The van der Waals surface area contributed by atoms with Gasteiger partial charge in [0.15, 0.2) is 28.6 Å². The molecule has 0 bridgehead atoms. The molecule has 29 heavy (non-hydrogen) atoms. The number of phenolic OH excluding ortho intramolecular Hbond substituents is 2. The van der Waals surface area contributed by atoms with Crippen molar-refractivity contribution in [1.29, 1.82) is 0 Å². The molecular weight excluding hydrogens is 380 g/mol. The van der Waals surface area contributed by atoms with Crippen LogP contribution in [0.1, 0.15) is 22.6 Å². The molecule has 0 aliphatic heterocycles. The Morgan fingerprint density at radius 3 is 2.31 bits per heavy atom. The number of aliphatic hydroxyl groups is 2. The number of hydrogen-bond donors (Lipinski definition) is 4. The number of benzene rings is 2. The van der Waals surface area contributed by atoms with Crippen LogP contribution in [0.2, 0.25) is 0 Å². The van der Waals surface area contributed by atoms with Crippen LogP contribution in [0.15, 0.2) is 30.3 Å². The molecule has 0 saturated heterocycles. The van der Waals surface area contributed by atoms with E-state index in [1.165, 1.54) is 33.5 Å². The average molecular weight is 404 g/mol. The fourth-order valence-electron chi connectivity index (χ4n) is 4.10. The third-order valence-electron chi connectivity index (χ3n) is 5.55. The number of aliphatic hydroxyl groups excluding tert-OH is 1. The van der Waals surface area contributed by atoms with Gasteiger partial charge in [0, 0.05) is 18.3 Å². The molecule has 0 fully saturated rings. The van der Waals surface area contributed by atoms with E-state index >= 15 is 0 Å². The fraction of sp³-hybridized carbons (Fsp3) is 0.381. The van der Waals surface area contributed by atoms with Gasteiger partial charge in [-0.2, -0.15) is 0 Å². The van der Waals surface area contributed by atoms with Gasteiger partial charge in [0.2, 0.25) is 0 Å². The number of methoxy groups -OCH3 is 3. The van der Waals surface area contributed by atoms with Crippen LogP contribution in [-0.2, 0) is 16.0 Å². The molecule has 8 nitrogen and oxygen atoms in total. The SMILES string of the molecule is COC(=O)[C@@]1(O)Cc2cc(OC)c(O)cc2[C@H](c2ccc(O)c(OC)c2)[C@H]1CO. The van der Waals surface area contributed by atoms with Gasteiger partial charge >= 0.3 is 5.97 Å². The number of esters is 1. The first-order chi connectivity index (χ1) is 13.8. The molecule has 8 heteroatoms. The minimum Gasteiger partial charge on any atom is -0.504 e. The second kappa shape index (κ2) is 7.81. The van der Waals surface area contributed by atoms with Crippen molar-refractivity contribution in [2.75, 3.05) is 27.9 Å². The molecule has 0 amide bonds. The van der Waals surface area contributed by atoms with Gasteiger partial charge in [-0.3, -0.25) is 0 Å². The molecule has 156 valence electrons. The molecule has 4 N–H and O–H groups in total. The van der Waals surface area contributed by atoms with Crippen molar-refractivity contribution in [3.05, 3.63) is 47.0 Å². The Kier molecular flexibility index (Phi) is 5.59. The van der Waals surface area contributed by atoms with Gasteiger partial charge in [-0.25, -0.2) is 4.79 Å². The van der Waals surface area contributed by atoms with Crippen LogP contribution in [-0.4, -0.2) is 59.9 Å². The van der Waals surface area contributed by atoms with Crippen molar-refractivity contribution in [3.8, 4) is 23.0 Å². The summed E-state index contributed by atoms with van der Waals surface area (Å²) in [6.07, 6.45) is -0.122. The highest BCUT2D eigenvalue weighted by molar-refractivity contribution is 5.81.